The van der Waals surface area contributed by atoms with Crippen LogP contribution in [0, 0.1) is 20.2 Å². The third-order valence-electron chi connectivity index (χ3n) is 3.37. The van der Waals surface area contributed by atoms with Crippen LogP contribution in [0.5, 0.6) is 0 Å². The molecule has 2 aromatic rings. The van der Waals surface area contributed by atoms with Crippen LogP contribution < -0.4 is 10.0 Å². The number of carbonyl (C=O) groups excluding carboxylic acids is 1. The number of nitrogens with zero attached hydrogens (tertiary/aromatic N) is 5. The summed E-state index contributed by atoms with van der Waals surface area (Å²) in [6, 6.07) is 2.12. The van der Waals surface area contributed by atoms with Gasteiger partial charge in [0, 0.05) is 26.4 Å². The summed E-state index contributed by atoms with van der Waals surface area (Å²) in [5.74, 6) is -0.999. The largest absolute Gasteiger partial charge is 0.364 e. The first kappa shape index (κ1) is 18.8. The zero-order chi connectivity index (χ0) is 19.8. The molecule has 14 heteroatoms. The number of non-ortho nitro benzene ring substituents is 1. The lowest BCUT2D eigenvalue weighted by Gasteiger charge is -2.18. The number of anilines is 1. The van der Waals surface area contributed by atoms with Crippen LogP contribution in [0.25, 0.3) is 0 Å². The summed E-state index contributed by atoms with van der Waals surface area (Å²) in [7, 11) is -2.08. The van der Waals surface area contributed by atoms with Gasteiger partial charge in [0.15, 0.2) is 10.6 Å². The van der Waals surface area contributed by atoms with Gasteiger partial charge in [-0.3, -0.25) is 34.0 Å². The van der Waals surface area contributed by atoms with E-state index in [2.05, 4.69) is 5.10 Å². The number of hydrogen-bond donors (Lipinski definition) is 1. The molecule has 2 N–H and O–H groups in total. The smallest absolute Gasteiger partial charge is 0.296 e. The second-order valence-corrected chi connectivity index (χ2v) is 6.98. The molecule has 138 valence electrons. The molecule has 0 aliphatic rings. The number of sulfonamides is 1. The van der Waals surface area contributed by atoms with Gasteiger partial charge in [0.2, 0.25) is 0 Å². The Morgan fingerprint density at radius 3 is 2.38 bits per heavy atom. The Labute approximate surface area is 146 Å². The standard InChI is InChI=1S/C12H12N6O7S/c1-15-6-9(11(14-15)12(13)19)16(2)26(24,25)10-4-3-7(17(20)21)5-8(10)18(22)23/h3-6H,1-2H3,(H2,13,19). The first-order chi connectivity index (χ1) is 12.0. The molecule has 1 amide bonds. The zero-order valence-electron chi connectivity index (χ0n) is 13.4. The van der Waals surface area contributed by atoms with Crippen LogP contribution in [-0.4, -0.2) is 41.0 Å². The molecule has 13 nitrogen and oxygen atoms in total. The summed E-state index contributed by atoms with van der Waals surface area (Å²) >= 11 is 0. The average Bonchev–Trinajstić information content (AvgIpc) is 2.95. The minimum Gasteiger partial charge on any atom is -0.364 e. The summed E-state index contributed by atoms with van der Waals surface area (Å²) in [6.45, 7) is 0. The fraction of sp³-hybridized carbons (Fsp3) is 0.167. The molecule has 0 aliphatic carbocycles. The van der Waals surface area contributed by atoms with Crippen molar-refractivity contribution in [3.63, 3.8) is 0 Å². The first-order valence-electron chi connectivity index (χ1n) is 6.72. The predicted octanol–water partition coefficient (Wildman–Crippen LogP) is 0.161. The molecular weight excluding hydrogens is 372 g/mol. The van der Waals surface area contributed by atoms with Gasteiger partial charge in [0.25, 0.3) is 27.3 Å². The molecule has 0 bridgehead atoms. The van der Waals surface area contributed by atoms with Gasteiger partial charge in [-0.05, 0) is 6.07 Å². The molecule has 0 fully saturated rings. The molecule has 1 heterocycles. The fourth-order valence-corrected chi connectivity index (χ4v) is 3.46. The lowest BCUT2D eigenvalue weighted by Crippen LogP contribution is -2.29. The molecule has 2 rings (SSSR count). The maximum absolute atomic E-state index is 12.8. The van der Waals surface area contributed by atoms with E-state index in [1.54, 1.807) is 0 Å². The molecule has 0 atom stereocenters. The van der Waals surface area contributed by atoms with E-state index in [0.717, 1.165) is 23.9 Å². The van der Waals surface area contributed by atoms with Crippen molar-refractivity contribution in [3.8, 4) is 0 Å². The van der Waals surface area contributed by atoms with E-state index in [1.807, 2.05) is 0 Å². The molecular formula is C12H12N6O7S. The van der Waals surface area contributed by atoms with Crippen LogP contribution in [0.2, 0.25) is 0 Å². The molecule has 1 aromatic heterocycles. The number of rotatable bonds is 6. The van der Waals surface area contributed by atoms with E-state index < -0.39 is 42.0 Å². The molecule has 1 aromatic carbocycles. The van der Waals surface area contributed by atoms with E-state index >= 15 is 0 Å². The Hall–Kier alpha value is -3.55. The number of benzene rings is 1. The maximum atomic E-state index is 12.8. The highest BCUT2D eigenvalue weighted by molar-refractivity contribution is 7.93. The van der Waals surface area contributed by atoms with Crippen molar-refractivity contribution >= 4 is 33.0 Å². The molecule has 0 radical (unpaired) electrons. The zero-order valence-corrected chi connectivity index (χ0v) is 14.2. The van der Waals surface area contributed by atoms with Gasteiger partial charge in [-0.2, -0.15) is 5.10 Å². The van der Waals surface area contributed by atoms with Crippen LogP contribution in [0.1, 0.15) is 10.5 Å². The Morgan fingerprint density at radius 2 is 1.88 bits per heavy atom. The predicted molar refractivity (Wildman–Crippen MR) is 87.1 cm³/mol. The highest BCUT2D eigenvalue weighted by Crippen LogP contribution is 2.32. The van der Waals surface area contributed by atoms with Crippen LogP contribution >= 0.6 is 0 Å². The van der Waals surface area contributed by atoms with Crippen molar-refractivity contribution in [1.82, 2.24) is 9.78 Å². The van der Waals surface area contributed by atoms with Gasteiger partial charge in [0.1, 0.15) is 5.69 Å². The molecule has 0 aliphatic heterocycles. The average molecular weight is 384 g/mol. The Bertz CT molecular complexity index is 1030. The van der Waals surface area contributed by atoms with Gasteiger partial charge in [-0.25, -0.2) is 8.42 Å². The monoisotopic (exact) mass is 384 g/mol. The summed E-state index contributed by atoms with van der Waals surface area (Å²) in [5.41, 5.74) is 2.98. The van der Waals surface area contributed by atoms with Gasteiger partial charge in [-0.15, -0.1) is 0 Å². The van der Waals surface area contributed by atoms with Gasteiger partial charge in [-0.1, -0.05) is 0 Å². The van der Waals surface area contributed by atoms with Crippen LogP contribution in [0.15, 0.2) is 29.3 Å². The third kappa shape index (κ3) is 3.16. The van der Waals surface area contributed by atoms with Crippen molar-refractivity contribution in [2.24, 2.45) is 12.8 Å². The number of aromatic nitrogens is 2. The number of aryl methyl sites for hydroxylation is 1. The number of amides is 1. The van der Waals surface area contributed by atoms with E-state index in [9.17, 15) is 33.4 Å². The third-order valence-corrected chi connectivity index (χ3v) is 5.19. The van der Waals surface area contributed by atoms with Crippen LogP contribution in [0.3, 0.4) is 0 Å². The van der Waals surface area contributed by atoms with E-state index in [1.165, 1.54) is 13.2 Å². The van der Waals surface area contributed by atoms with Crippen molar-refractivity contribution in [2.75, 3.05) is 11.4 Å². The SMILES string of the molecule is CN(c1cn(C)nc1C(N)=O)S(=O)(=O)c1ccc([N+](=O)[O-])cc1[N+](=O)[O-]. The lowest BCUT2D eigenvalue weighted by molar-refractivity contribution is -0.396. The summed E-state index contributed by atoms with van der Waals surface area (Å²) in [6.07, 6.45) is 1.19. The fourth-order valence-electron chi connectivity index (χ4n) is 2.14. The van der Waals surface area contributed by atoms with E-state index in [4.69, 9.17) is 5.73 Å². The molecule has 0 saturated heterocycles. The Balaban J connectivity index is 2.66. The normalized spacial score (nSPS) is 11.2. The highest BCUT2D eigenvalue weighted by atomic mass is 32.2. The quantitative estimate of drug-likeness (QED) is 0.539. The minimum atomic E-state index is -4.54. The van der Waals surface area contributed by atoms with Crippen molar-refractivity contribution < 1.29 is 23.1 Å². The number of carbonyl (C=O) groups is 1. The molecule has 0 spiro atoms. The van der Waals surface area contributed by atoms with Gasteiger partial charge < -0.3 is 5.73 Å². The second-order valence-electron chi connectivity index (χ2n) is 5.04. The Morgan fingerprint density at radius 1 is 1.27 bits per heavy atom. The van der Waals surface area contributed by atoms with E-state index in [-0.39, 0.29) is 11.4 Å². The summed E-state index contributed by atoms with van der Waals surface area (Å²) in [5, 5.41) is 25.7. The number of nitro groups is 2. The molecule has 0 unspecified atom stereocenters. The number of primary amides is 1. The van der Waals surface area contributed by atoms with Crippen molar-refractivity contribution in [3.05, 3.63) is 50.3 Å². The topological polar surface area (TPSA) is 185 Å². The van der Waals surface area contributed by atoms with Gasteiger partial charge in [0.05, 0.1) is 15.9 Å². The van der Waals surface area contributed by atoms with Crippen LogP contribution in [0.4, 0.5) is 17.1 Å². The summed E-state index contributed by atoms with van der Waals surface area (Å²) in [4.78, 5) is 30.7. The first-order valence-corrected chi connectivity index (χ1v) is 8.16. The highest BCUT2D eigenvalue weighted by Gasteiger charge is 2.34. The summed E-state index contributed by atoms with van der Waals surface area (Å²) < 4.78 is 27.3. The molecule has 0 saturated carbocycles. The van der Waals surface area contributed by atoms with Crippen molar-refractivity contribution in [2.45, 2.75) is 4.90 Å². The Kier molecular flexibility index (Phi) is 4.62. The van der Waals surface area contributed by atoms with Gasteiger partial charge >= 0.3 is 0 Å². The molecule has 26 heavy (non-hydrogen) atoms. The van der Waals surface area contributed by atoms with Crippen LogP contribution in [-0.2, 0) is 17.1 Å². The maximum Gasteiger partial charge on any atom is 0.296 e. The second kappa shape index (κ2) is 6.40. The number of nitro benzene ring substituents is 2. The minimum absolute atomic E-state index is 0.201. The lowest BCUT2D eigenvalue weighted by atomic mass is 10.3. The number of nitrogens with two attached hydrogens (primary N) is 1. The van der Waals surface area contributed by atoms with Crippen molar-refractivity contribution in [1.29, 1.82) is 0 Å². The number of hydrogen-bond acceptors (Lipinski definition) is 8. The van der Waals surface area contributed by atoms with E-state index in [0.29, 0.717) is 10.4 Å².